The first kappa shape index (κ1) is 23.0. The molecule has 0 saturated carbocycles. The van der Waals surface area contributed by atoms with Crippen LogP contribution in [0.5, 0.6) is 0 Å². The second-order valence-electron chi connectivity index (χ2n) is 9.61. The van der Waals surface area contributed by atoms with Crippen LogP contribution in [0.4, 0.5) is 0 Å². The maximum absolute atomic E-state index is 13.9. The van der Waals surface area contributed by atoms with E-state index in [1.807, 2.05) is 61.2 Å². The van der Waals surface area contributed by atoms with Crippen LogP contribution in [-0.2, 0) is 14.6 Å². The Morgan fingerprint density at radius 1 is 1.06 bits per heavy atom. The highest BCUT2D eigenvalue weighted by Gasteiger charge is 2.50. The van der Waals surface area contributed by atoms with E-state index in [2.05, 4.69) is 13.8 Å². The molecule has 0 radical (unpaired) electrons. The van der Waals surface area contributed by atoms with Gasteiger partial charge < -0.3 is 9.45 Å². The number of carbonyl (C=O) groups excluding carboxylic acids is 1. The smallest absolute Gasteiger partial charge is 0.273 e. The van der Waals surface area contributed by atoms with Crippen LogP contribution in [0.2, 0.25) is 0 Å². The van der Waals surface area contributed by atoms with E-state index in [1.54, 1.807) is 16.8 Å². The lowest BCUT2D eigenvalue weighted by atomic mass is 9.95. The SMILES string of the molecule is Cc1ccc([S+](=O)([O-])N2CCC(N3C(=O)c4c(c(C)nn4-c4ccccc4)C3C(C)C)C2)cc1. The summed E-state index contributed by atoms with van der Waals surface area (Å²) < 4.78 is 29.8. The molecule has 0 bridgehead atoms. The molecule has 3 aromatic rings. The minimum absolute atomic E-state index is 0.0715. The zero-order valence-corrected chi connectivity index (χ0v) is 20.8. The van der Waals surface area contributed by atoms with Crippen LogP contribution in [0.1, 0.15) is 53.6 Å². The van der Waals surface area contributed by atoms with Crippen molar-refractivity contribution in [2.75, 3.05) is 13.1 Å². The van der Waals surface area contributed by atoms with Gasteiger partial charge in [-0.1, -0.05) is 54.0 Å². The second kappa shape index (κ2) is 8.45. The predicted octanol–water partition coefficient (Wildman–Crippen LogP) is 4.32. The largest absolute Gasteiger partial charge is 0.593 e. The van der Waals surface area contributed by atoms with Crippen molar-refractivity contribution in [2.24, 2.45) is 5.92 Å². The molecule has 3 atom stereocenters. The van der Waals surface area contributed by atoms with Crippen molar-refractivity contribution in [1.29, 1.82) is 0 Å². The number of benzene rings is 2. The van der Waals surface area contributed by atoms with E-state index >= 15 is 0 Å². The van der Waals surface area contributed by atoms with Crippen LogP contribution < -0.4 is 0 Å². The number of para-hydroxylation sites is 1. The standard InChI is InChI=1S/C26H30N4O3S/c1-17(2)24-23-19(4)27-30(20-8-6-5-7-9-20)25(23)26(31)29(24)21-14-15-28(16-21)34(32,33)22-12-10-18(3)11-13-22/h5-13,17,21,24H,14-16H2,1-4H3. The summed E-state index contributed by atoms with van der Waals surface area (Å²) >= 11 is 0. The number of rotatable bonds is 5. The average Bonchev–Trinajstić information content (AvgIpc) is 3.50. The summed E-state index contributed by atoms with van der Waals surface area (Å²) in [7, 11) is -3.61. The molecule has 0 spiro atoms. The van der Waals surface area contributed by atoms with Crippen molar-refractivity contribution >= 4 is 16.3 Å². The van der Waals surface area contributed by atoms with Crippen LogP contribution in [0, 0.1) is 19.8 Å². The Morgan fingerprint density at radius 2 is 1.74 bits per heavy atom. The molecule has 1 amide bonds. The molecule has 1 fully saturated rings. The van der Waals surface area contributed by atoms with Gasteiger partial charge in [-0.3, -0.25) is 4.79 Å². The molecule has 2 aliphatic rings. The summed E-state index contributed by atoms with van der Waals surface area (Å²) in [6.45, 7) is 8.80. The molecule has 3 unspecified atom stereocenters. The van der Waals surface area contributed by atoms with Gasteiger partial charge in [-0.05, 0) is 50.5 Å². The normalized spacial score (nSPS) is 22.4. The molecule has 7 nitrogen and oxygen atoms in total. The lowest BCUT2D eigenvalue weighted by Crippen LogP contribution is -2.44. The summed E-state index contributed by atoms with van der Waals surface area (Å²) in [5, 5.41) is 4.71. The van der Waals surface area contributed by atoms with E-state index in [1.165, 1.54) is 4.31 Å². The zero-order valence-electron chi connectivity index (χ0n) is 20.0. The summed E-state index contributed by atoms with van der Waals surface area (Å²) in [5.41, 5.74) is 4.27. The zero-order chi connectivity index (χ0) is 24.2. The lowest BCUT2D eigenvalue weighted by Gasteiger charge is -2.34. The van der Waals surface area contributed by atoms with Gasteiger partial charge in [0.15, 0.2) is 15.3 Å². The Labute approximate surface area is 201 Å². The van der Waals surface area contributed by atoms with Crippen LogP contribution in [0.3, 0.4) is 0 Å². The van der Waals surface area contributed by atoms with Gasteiger partial charge in [0.25, 0.3) is 5.91 Å². The highest BCUT2D eigenvalue weighted by molar-refractivity contribution is 7.95. The molecule has 5 rings (SSSR count). The maximum atomic E-state index is 13.9. The van der Waals surface area contributed by atoms with Crippen molar-refractivity contribution in [2.45, 2.75) is 51.1 Å². The third-order valence-electron chi connectivity index (χ3n) is 6.95. The monoisotopic (exact) mass is 478 g/mol. The number of hydrogen-bond acceptors (Lipinski definition) is 4. The summed E-state index contributed by atoms with van der Waals surface area (Å²) in [5.74, 6) is 0.0952. The number of amides is 1. The van der Waals surface area contributed by atoms with Crippen molar-refractivity contribution < 1.29 is 13.6 Å². The highest BCUT2D eigenvalue weighted by atomic mass is 32.3. The van der Waals surface area contributed by atoms with Gasteiger partial charge in [0, 0.05) is 12.1 Å². The quantitative estimate of drug-likeness (QED) is 0.512. The molecule has 0 aliphatic carbocycles. The highest BCUT2D eigenvalue weighted by Crippen LogP contribution is 2.44. The van der Waals surface area contributed by atoms with Gasteiger partial charge in [-0.2, -0.15) is 5.10 Å². The first-order valence-electron chi connectivity index (χ1n) is 11.7. The fourth-order valence-corrected chi connectivity index (χ4v) is 6.80. The Morgan fingerprint density at radius 3 is 2.38 bits per heavy atom. The Hall–Kier alpha value is -2.81. The summed E-state index contributed by atoms with van der Waals surface area (Å²) in [6.07, 6.45) is 0.613. The van der Waals surface area contributed by atoms with Gasteiger partial charge in [0.1, 0.15) is 5.69 Å². The number of fused-ring (bicyclic) bond motifs is 1. The topological polar surface area (TPSA) is 81.5 Å². The minimum atomic E-state index is -3.61. The molecule has 1 saturated heterocycles. The van der Waals surface area contributed by atoms with E-state index in [9.17, 15) is 13.6 Å². The average molecular weight is 479 g/mol. The number of sulfonamides is 1. The van der Waals surface area contributed by atoms with Gasteiger partial charge in [0.2, 0.25) is 0 Å². The molecule has 2 aliphatic heterocycles. The first-order valence-corrected chi connectivity index (χ1v) is 13.2. The van der Waals surface area contributed by atoms with Crippen LogP contribution in [0.15, 0.2) is 59.5 Å². The van der Waals surface area contributed by atoms with Gasteiger partial charge in [-0.25, -0.2) is 4.68 Å². The fourth-order valence-electron chi connectivity index (χ4n) is 5.31. The number of hydrogen-bond donors (Lipinski definition) is 0. The molecule has 8 heteroatoms. The van der Waals surface area contributed by atoms with Crippen molar-refractivity contribution in [3.05, 3.63) is 77.1 Å². The van der Waals surface area contributed by atoms with E-state index in [-0.39, 0.29) is 23.9 Å². The third-order valence-corrected chi connectivity index (χ3v) is 8.83. The van der Waals surface area contributed by atoms with Crippen molar-refractivity contribution in [3.8, 4) is 5.69 Å². The summed E-state index contributed by atoms with van der Waals surface area (Å²) in [4.78, 5) is 16.1. The summed E-state index contributed by atoms with van der Waals surface area (Å²) in [6, 6.07) is 16.3. The van der Waals surface area contributed by atoms with E-state index in [4.69, 9.17) is 5.10 Å². The molecule has 2 aromatic carbocycles. The molecular weight excluding hydrogens is 448 g/mol. The third kappa shape index (κ3) is 3.61. The number of aromatic nitrogens is 2. The van der Waals surface area contributed by atoms with Crippen LogP contribution >= 0.6 is 0 Å². The first-order chi connectivity index (χ1) is 16.2. The molecule has 0 N–H and O–H groups in total. The number of carbonyl (C=O) groups is 1. The molecule has 178 valence electrons. The molecule has 3 heterocycles. The van der Waals surface area contributed by atoms with Crippen LogP contribution in [0.25, 0.3) is 5.69 Å². The Bertz CT molecular complexity index is 1270. The fraction of sp³-hybridized carbons (Fsp3) is 0.385. The Balaban J connectivity index is 1.48. The van der Waals surface area contributed by atoms with Gasteiger partial charge >= 0.3 is 0 Å². The Kier molecular flexibility index (Phi) is 5.70. The number of nitrogens with zero attached hydrogens (tertiary/aromatic N) is 4. The van der Waals surface area contributed by atoms with Crippen LogP contribution in [-0.4, -0.2) is 48.6 Å². The van der Waals surface area contributed by atoms with E-state index in [0.717, 1.165) is 22.5 Å². The molecular formula is C26H30N4O3S. The molecule has 1 aromatic heterocycles. The van der Waals surface area contributed by atoms with E-state index in [0.29, 0.717) is 30.1 Å². The second-order valence-corrected chi connectivity index (χ2v) is 11.6. The molecule has 34 heavy (non-hydrogen) atoms. The number of aryl methyl sites for hydroxylation is 2. The van der Waals surface area contributed by atoms with Gasteiger partial charge in [0.05, 0.1) is 30.0 Å². The maximum Gasteiger partial charge on any atom is 0.273 e. The predicted molar refractivity (Wildman–Crippen MR) is 130 cm³/mol. The minimum Gasteiger partial charge on any atom is -0.593 e. The van der Waals surface area contributed by atoms with Crippen molar-refractivity contribution in [3.63, 3.8) is 0 Å². The van der Waals surface area contributed by atoms with Crippen molar-refractivity contribution in [1.82, 2.24) is 19.0 Å². The van der Waals surface area contributed by atoms with Gasteiger partial charge in [-0.15, -0.1) is 4.31 Å². The van der Waals surface area contributed by atoms with E-state index < -0.39 is 10.4 Å². The lowest BCUT2D eigenvalue weighted by molar-refractivity contribution is 0.0572.